The molecule has 0 saturated heterocycles. The summed E-state index contributed by atoms with van der Waals surface area (Å²) in [5.74, 6) is -1.90. The second kappa shape index (κ2) is 4.97. The van der Waals surface area contributed by atoms with Gasteiger partial charge in [0.05, 0.1) is 0 Å². The highest BCUT2D eigenvalue weighted by atomic mass is 19.4. The number of alkyl halides is 3. The number of amides is 1. The molecular weight excluding hydrogens is 175 g/mol. The van der Waals surface area contributed by atoms with Gasteiger partial charge in [0.15, 0.2) is 0 Å². The smallest absolute Gasteiger partial charge is 0.385 e. The lowest BCUT2D eigenvalue weighted by atomic mass is 10.4. The minimum Gasteiger partial charge on any atom is -0.385 e. The molecule has 0 aliphatic rings. The van der Waals surface area contributed by atoms with Crippen LogP contribution in [0.5, 0.6) is 0 Å². The van der Waals surface area contributed by atoms with E-state index in [2.05, 4.69) is 4.74 Å². The molecule has 1 amide bonds. The van der Waals surface area contributed by atoms with E-state index in [1.807, 2.05) is 0 Å². The van der Waals surface area contributed by atoms with Crippen molar-refractivity contribution in [1.29, 1.82) is 0 Å². The van der Waals surface area contributed by atoms with Gasteiger partial charge in [-0.05, 0) is 6.42 Å². The monoisotopic (exact) mass is 185 g/mol. The summed E-state index contributed by atoms with van der Waals surface area (Å²) in [6.45, 7) is 0.310. The lowest BCUT2D eigenvalue weighted by molar-refractivity contribution is -0.173. The van der Waals surface area contributed by atoms with E-state index >= 15 is 0 Å². The topological polar surface area (TPSA) is 38.3 Å². The lowest BCUT2D eigenvalue weighted by Crippen LogP contribution is -2.37. The summed E-state index contributed by atoms with van der Waals surface area (Å²) in [5.41, 5.74) is 0. The summed E-state index contributed by atoms with van der Waals surface area (Å²) in [5, 5.41) is 1.71. The summed E-state index contributed by atoms with van der Waals surface area (Å²) < 4.78 is 39.1. The van der Waals surface area contributed by atoms with Gasteiger partial charge in [-0.15, -0.1) is 0 Å². The van der Waals surface area contributed by atoms with Gasteiger partial charge in [-0.1, -0.05) is 0 Å². The molecule has 1 N–H and O–H groups in total. The second-order valence-corrected chi connectivity index (χ2v) is 2.10. The number of ether oxygens (including phenoxy) is 1. The summed E-state index contributed by atoms with van der Waals surface area (Å²) in [4.78, 5) is 10.2. The molecule has 0 aromatic carbocycles. The fourth-order valence-corrected chi connectivity index (χ4v) is 0.519. The average molecular weight is 185 g/mol. The molecule has 6 heteroatoms. The maximum atomic E-state index is 11.5. The first kappa shape index (κ1) is 11.2. The summed E-state index contributed by atoms with van der Waals surface area (Å²) in [6, 6.07) is 0. The first-order chi connectivity index (χ1) is 5.48. The number of hydrogen-bond donors (Lipinski definition) is 1. The quantitative estimate of drug-likeness (QED) is 0.655. The van der Waals surface area contributed by atoms with Crippen molar-refractivity contribution in [3.63, 3.8) is 0 Å². The van der Waals surface area contributed by atoms with E-state index in [9.17, 15) is 18.0 Å². The van der Waals surface area contributed by atoms with Crippen molar-refractivity contribution in [2.75, 3.05) is 20.3 Å². The van der Waals surface area contributed by atoms with Crippen molar-refractivity contribution in [2.45, 2.75) is 12.6 Å². The zero-order valence-electron chi connectivity index (χ0n) is 6.57. The Labute approximate surface area is 67.9 Å². The first-order valence-electron chi connectivity index (χ1n) is 3.32. The highest BCUT2D eigenvalue weighted by Crippen LogP contribution is 2.13. The molecule has 0 aromatic rings. The third kappa shape index (κ3) is 4.95. The Morgan fingerprint density at radius 1 is 1.50 bits per heavy atom. The number of carbonyl (C=O) groups is 1. The molecule has 0 fully saturated rings. The SMILES string of the molecule is COCCCNC(=O)C(F)(F)F. The van der Waals surface area contributed by atoms with Crippen LogP contribution < -0.4 is 5.32 Å². The van der Waals surface area contributed by atoms with Gasteiger partial charge < -0.3 is 10.1 Å². The Morgan fingerprint density at radius 2 is 2.08 bits per heavy atom. The van der Waals surface area contributed by atoms with Crippen LogP contribution in [0.25, 0.3) is 0 Å². The van der Waals surface area contributed by atoms with Crippen LogP contribution in [-0.4, -0.2) is 32.3 Å². The number of methoxy groups -OCH3 is 1. The van der Waals surface area contributed by atoms with Gasteiger partial charge >= 0.3 is 12.1 Å². The molecule has 12 heavy (non-hydrogen) atoms. The normalized spacial score (nSPS) is 11.3. The third-order valence-corrected chi connectivity index (χ3v) is 1.07. The summed E-state index contributed by atoms with van der Waals surface area (Å²) in [7, 11) is 1.44. The maximum Gasteiger partial charge on any atom is 0.471 e. The molecule has 0 aromatic heterocycles. The molecule has 72 valence electrons. The fourth-order valence-electron chi connectivity index (χ4n) is 0.519. The van der Waals surface area contributed by atoms with Crippen LogP contribution in [0.3, 0.4) is 0 Å². The van der Waals surface area contributed by atoms with Gasteiger partial charge in [-0.2, -0.15) is 13.2 Å². The molecular formula is C6H10F3NO2. The fraction of sp³-hybridized carbons (Fsp3) is 0.833. The van der Waals surface area contributed by atoms with Crippen molar-refractivity contribution in [3.8, 4) is 0 Å². The number of hydrogen-bond acceptors (Lipinski definition) is 2. The van der Waals surface area contributed by atoms with Crippen LogP contribution in [0.1, 0.15) is 6.42 Å². The molecule has 0 bridgehead atoms. The zero-order valence-corrected chi connectivity index (χ0v) is 6.57. The van der Waals surface area contributed by atoms with Crippen LogP contribution in [-0.2, 0) is 9.53 Å². The molecule has 3 nitrogen and oxygen atoms in total. The molecule has 0 radical (unpaired) electrons. The Kier molecular flexibility index (Phi) is 4.65. The van der Waals surface area contributed by atoms with E-state index < -0.39 is 12.1 Å². The Balaban J connectivity index is 3.45. The Hall–Kier alpha value is -0.780. The van der Waals surface area contributed by atoms with Gasteiger partial charge in [-0.3, -0.25) is 4.79 Å². The van der Waals surface area contributed by atoms with Crippen molar-refractivity contribution < 1.29 is 22.7 Å². The second-order valence-electron chi connectivity index (χ2n) is 2.10. The van der Waals surface area contributed by atoms with E-state index in [4.69, 9.17) is 0 Å². The molecule has 0 rings (SSSR count). The first-order valence-corrected chi connectivity index (χ1v) is 3.32. The molecule has 0 aliphatic heterocycles. The van der Waals surface area contributed by atoms with Crippen LogP contribution >= 0.6 is 0 Å². The molecule has 0 heterocycles. The predicted octanol–water partition coefficient (Wildman–Crippen LogP) is 0.701. The maximum absolute atomic E-state index is 11.5. The highest BCUT2D eigenvalue weighted by molar-refractivity contribution is 5.81. The Morgan fingerprint density at radius 3 is 2.50 bits per heavy atom. The van der Waals surface area contributed by atoms with Crippen LogP contribution in [0.2, 0.25) is 0 Å². The lowest BCUT2D eigenvalue weighted by Gasteiger charge is -2.06. The van der Waals surface area contributed by atoms with E-state index in [-0.39, 0.29) is 6.54 Å². The number of halogens is 3. The largest absolute Gasteiger partial charge is 0.471 e. The van der Waals surface area contributed by atoms with Crippen molar-refractivity contribution in [3.05, 3.63) is 0 Å². The number of nitrogens with one attached hydrogen (secondary N) is 1. The van der Waals surface area contributed by atoms with Gasteiger partial charge in [0.25, 0.3) is 0 Å². The van der Waals surface area contributed by atoms with Gasteiger partial charge in [0.1, 0.15) is 0 Å². The number of rotatable bonds is 4. The van der Waals surface area contributed by atoms with Crippen LogP contribution in [0.15, 0.2) is 0 Å². The predicted molar refractivity (Wildman–Crippen MR) is 35.6 cm³/mol. The summed E-state index contributed by atoms with van der Waals surface area (Å²) >= 11 is 0. The van der Waals surface area contributed by atoms with Gasteiger partial charge in [-0.25, -0.2) is 0 Å². The molecule has 0 spiro atoms. The minimum absolute atomic E-state index is 0.0216. The van der Waals surface area contributed by atoms with Crippen LogP contribution in [0, 0.1) is 0 Å². The zero-order chi connectivity index (χ0) is 9.61. The van der Waals surface area contributed by atoms with Gasteiger partial charge in [0, 0.05) is 20.3 Å². The van der Waals surface area contributed by atoms with E-state index in [0.717, 1.165) is 0 Å². The van der Waals surface area contributed by atoms with Crippen molar-refractivity contribution in [2.24, 2.45) is 0 Å². The van der Waals surface area contributed by atoms with E-state index in [0.29, 0.717) is 13.0 Å². The van der Waals surface area contributed by atoms with Crippen LogP contribution in [0.4, 0.5) is 13.2 Å². The van der Waals surface area contributed by atoms with Crippen molar-refractivity contribution in [1.82, 2.24) is 5.32 Å². The average Bonchev–Trinajstić information content (AvgIpc) is 1.96. The standard InChI is InChI=1S/C6H10F3NO2/c1-12-4-2-3-10-5(11)6(7,8)9/h2-4H2,1H3,(H,10,11). The minimum atomic E-state index is -4.78. The molecule has 0 atom stereocenters. The summed E-state index contributed by atoms with van der Waals surface area (Å²) in [6.07, 6.45) is -4.41. The number of carbonyl (C=O) groups excluding carboxylic acids is 1. The molecule has 0 aliphatic carbocycles. The molecule has 0 saturated carbocycles. The van der Waals surface area contributed by atoms with E-state index in [1.54, 1.807) is 5.32 Å². The van der Waals surface area contributed by atoms with Crippen molar-refractivity contribution >= 4 is 5.91 Å². The van der Waals surface area contributed by atoms with Gasteiger partial charge in [0.2, 0.25) is 0 Å². The highest BCUT2D eigenvalue weighted by Gasteiger charge is 2.38. The van der Waals surface area contributed by atoms with E-state index in [1.165, 1.54) is 7.11 Å². The third-order valence-electron chi connectivity index (χ3n) is 1.07. The Bertz CT molecular complexity index is 146. The molecule has 0 unspecified atom stereocenters.